The molecule has 0 saturated heterocycles. The molecule has 0 fully saturated rings. The molecule has 0 unspecified atom stereocenters. The van der Waals surface area contributed by atoms with E-state index in [1.54, 1.807) is 36.7 Å². The van der Waals surface area contributed by atoms with Crippen molar-refractivity contribution >= 4 is 6.21 Å². The summed E-state index contributed by atoms with van der Waals surface area (Å²) < 4.78 is 0. The van der Waals surface area contributed by atoms with Crippen LogP contribution in [0.3, 0.4) is 0 Å². The maximum absolute atomic E-state index is 9.75. The molecule has 1 aliphatic rings. The quantitative estimate of drug-likeness (QED) is 0.402. The van der Waals surface area contributed by atoms with Crippen LogP contribution >= 0.6 is 0 Å². The molecule has 1 aromatic carbocycles. The van der Waals surface area contributed by atoms with Crippen LogP contribution in [0.25, 0.3) is 0 Å². The second-order valence-corrected chi connectivity index (χ2v) is 6.95. The maximum atomic E-state index is 9.75. The van der Waals surface area contributed by atoms with Gasteiger partial charge in [0.25, 0.3) is 0 Å². The molecule has 31 heavy (non-hydrogen) atoms. The molecule has 0 saturated carbocycles. The first-order valence-electron chi connectivity index (χ1n) is 9.95. The highest BCUT2D eigenvalue weighted by molar-refractivity contribution is 5.73. The Kier molecular flexibility index (Phi) is 9.36. The first-order valence-corrected chi connectivity index (χ1v) is 9.95. The third kappa shape index (κ3) is 8.06. The van der Waals surface area contributed by atoms with Gasteiger partial charge in [0, 0.05) is 25.4 Å². The summed E-state index contributed by atoms with van der Waals surface area (Å²) in [5, 5.41) is 22.2. The Morgan fingerprint density at radius 3 is 2.94 bits per heavy atom. The molecule has 0 aromatic heterocycles. The van der Waals surface area contributed by atoms with Crippen molar-refractivity contribution in [3.63, 3.8) is 0 Å². The van der Waals surface area contributed by atoms with E-state index in [0.29, 0.717) is 24.9 Å². The van der Waals surface area contributed by atoms with Crippen molar-refractivity contribution in [2.75, 3.05) is 6.54 Å². The van der Waals surface area contributed by atoms with Gasteiger partial charge in [-0.25, -0.2) is 0 Å². The topological polar surface area (TPSA) is 68.4 Å². The number of nitrogens with zero attached hydrogens (tertiary/aromatic N) is 2. The molecule has 1 heterocycles. The van der Waals surface area contributed by atoms with E-state index in [0.717, 1.165) is 28.0 Å². The van der Waals surface area contributed by atoms with Crippen molar-refractivity contribution in [2.45, 2.75) is 19.8 Å². The van der Waals surface area contributed by atoms with Gasteiger partial charge in [-0.05, 0) is 59.9 Å². The summed E-state index contributed by atoms with van der Waals surface area (Å²) in [6.45, 7) is 10.1. The van der Waals surface area contributed by atoms with Gasteiger partial charge in [-0.3, -0.25) is 4.99 Å². The fraction of sp³-hybridized carbons (Fsp3) is 0.148. The Balaban J connectivity index is 1.99. The lowest BCUT2D eigenvalue weighted by Gasteiger charge is -2.12. The molecule has 0 aliphatic carbocycles. The van der Waals surface area contributed by atoms with E-state index in [4.69, 9.17) is 5.26 Å². The van der Waals surface area contributed by atoms with Gasteiger partial charge in [-0.2, -0.15) is 5.26 Å². The number of rotatable bonds is 9. The number of aliphatic hydroxyl groups excluding tert-OH is 1. The molecular formula is C27H27N3O. The fourth-order valence-corrected chi connectivity index (χ4v) is 2.95. The van der Waals surface area contributed by atoms with Gasteiger partial charge in [-0.1, -0.05) is 49.6 Å². The van der Waals surface area contributed by atoms with Crippen LogP contribution in [0.15, 0.2) is 119 Å². The number of aliphatic hydroxyl groups is 1. The minimum absolute atomic E-state index is 0.177. The van der Waals surface area contributed by atoms with E-state index < -0.39 is 0 Å². The Morgan fingerprint density at radius 2 is 2.19 bits per heavy atom. The number of hydrogen-bond acceptors (Lipinski definition) is 4. The van der Waals surface area contributed by atoms with Gasteiger partial charge in [0.2, 0.25) is 0 Å². The first kappa shape index (κ1) is 23.2. The monoisotopic (exact) mass is 409 g/mol. The summed E-state index contributed by atoms with van der Waals surface area (Å²) in [6, 6.07) is 9.78. The Morgan fingerprint density at radius 1 is 1.35 bits per heavy atom. The summed E-state index contributed by atoms with van der Waals surface area (Å²) in [7, 11) is 0. The van der Waals surface area contributed by atoms with Gasteiger partial charge in [0.1, 0.15) is 5.76 Å². The lowest BCUT2D eigenvalue weighted by atomic mass is 10.0. The number of hydrogen-bond donors (Lipinski definition) is 2. The molecular weight excluding hydrogens is 382 g/mol. The normalized spacial score (nSPS) is 19.9. The second kappa shape index (κ2) is 12.5. The third-order valence-electron chi connectivity index (χ3n) is 4.59. The molecule has 0 amide bonds. The number of benzene rings is 1. The van der Waals surface area contributed by atoms with E-state index in [1.165, 1.54) is 0 Å². The zero-order valence-corrected chi connectivity index (χ0v) is 17.8. The molecule has 4 heteroatoms. The highest BCUT2D eigenvalue weighted by Gasteiger charge is 2.04. The average molecular weight is 410 g/mol. The molecule has 4 nitrogen and oxygen atoms in total. The lowest BCUT2D eigenvalue weighted by molar-refractivity contribution is 0.433. The van der Waals surface area contributed by atoms with E-state index >= 15 is 0 Å². The van der Waals surface area contributed by atoms with Crippen LogP contribution in [0.4, 0.5) is 0 Å². The minimum Gasteiger partial charge on any atom is -0.508 e. The summed E-state index contributed by atoms with van der Waals surface area (Å²) in [4.78, 5) is 4.17. The Bertz CT molecular complexity index is 1080. The van der Waals surface area contributed by atoms with Crippen molar-refractivity contribution in [1.82, 2.24) is 5.32 Å². The largest absolute Gasteiger partial charge is 0.508 e. The number of allylic oxidation sites excluding steroid dienone is 7. The van der Waals surface area contributed by atoms with Crippen LogP contribution in [0.1, 0.15) is 24.5 Å². The molecule has 1 aliphatic heterocycles. The molecule has 0 atom stereocenters. The molecule has 0 spiro atoms. The minimum atomic E-state index is 0.177. The molecule has 1 aromatic rings. The SMILES string of the molecule is C=C=C(C/C=C\C(=C/C=C)Cc1cccc(C#N)c1)NCC1=C/N=C\C=C(O)\C=C\1C. The van der Waals surface area contributed by atoms with Gasteiger partial charge in [0.05, 0.1) is 17.3 Å². The van der Waals surface area contributed by atoms with Crippen LogP contribution in [-0.4, -0.2) is 17.9 Å². The van der Waals surface area contributed by atoms with Crippen LogP contribution in [0, 0.1) is 11.3 Å². The fourth-order valence-electron chi connectivity index (χ4n) is 2.95. The average Bonchev–Trinajstić information content (AvgIpc) is 2.76. The summed E-state index contributed by atoms with van der Waals surface area (Å²) in [5.74, 6) is 0.177. The Labute approximate surface area is 184 Å². The number of nitriles is 1. The van der Waals surface area contributed by atoms with Crippen molar-refractivity contribution in [2.24, 2.45) is 4.99 Å². The maximum Gasteiger partial charge on any atom is 0.117 e. The second-order valence-electron chi connectivity index (χ2n) is 6.95. The summed E-state index contributed by atoms with van der Waals surface area (Å²) in [5.41, 5.74) is 8.53. The molecule has 0 radical (unpaired) electrons. The number of aliphatic imine (C=N–C) groups is 1. The van der Waals surface area contributed by atoms with Crippen molar-refractivity contribution in [3.05, 3.63) is 125 Å². The van der Waals surface area contributed by atoms with Crippen LogP contribution in [0.2, 0.25) is 0 Å². The molecule has 0 bridgehead atoms. The van der Waals surface area contributed by atoms with Crippen LogP contribution < -0.4 is 5.32 Å². The first-order chi connectivity index (χ1) is 15.0. The van der Waals surface area contributed by atoms with E-state index in [9.17, 15) is 5.11 Å². The Hall–Kier alpha value is -4.06. The smallest absolute Gasteiger partial charge is 0.117 e. The zero-order valence-electron chi connectivity index (χ0n) is 17.8. The van der Waals surface area contributed by atoms with Crippen LogP contribution in [-0.2, 0) is 6.42 Å². The van der Waals surface area contributed by atoms with Crippen LogP contribution in [0.5, 0.6) is 0 Å². The zero-order chi connectivity index (χ0) is 22.5. The van der Waals surface area contributed by atoms with Gasteiger partial charge in [-0.15, -0.1) is 5.73 Å². The summed E-state index contributed by atoms with van der Waals surface area (Å²) >= 11 is 0. The van der Waals surface area contributed by atoms with E-state index in [2.05, 4.69) is 35.3 Å². The highest BCUT2D eigenvalue weighted by Crippen LogP contribution is 2.15. The molecule has 2 N–H and O–H groups in total. The molecule has 156 valence electrons. The standard InChI is InChI=1S/C27H27N3O/c1-4-8-22(16-23-10-6-11-24(17-23)18-28)9-7-12-26(5-2)30-20-25-19-29-14-13-27(31)15-21(25)3/h4,6-11,13-15,17,19,30-31H,1-2,12,16,20H2,3H3/b9-7-,14-13?,21-15+,22-8+,25-19-,25-21?,27-13-,27-15?,29-14-,29-19?. The number of nitrogens with one attached hydrogen (secondary N) is 1. The van der Waals surface area contributed by atoms with Gasteiger partial charge < -0.3 is 10.4 Å². The van der Waals surface area contributed by atoms with Crippen molar-refractivity contribution in [3.8, 4) is 6.07 Å². The predicted octanol–water partition coefficient (Wildman–Crippen LogP) is 5.77. The van der Waals surface area contributed by atoms with Crippen molar-refractivity contribution in [1.29, 1.82) is 5.26 Å². The van der Waals surface area contributed by atoms with Gasteiger partial charge in [0.15, 0.2) is 0 Å². The van der Waals surface area contributed by atoms with E-state index in [1.807, 2.05) is 43.4 Å². The lowest BCUT2D eigenvalue weighted by Crippen LogP contribution is -2.16. The highest BCUT2D eigenvalue weighted by atomic mass is 16.3. The van der Waals surface area contributed by atoms with Crippen molar-refractivity contribution < 1.29 is 5.11 Å². The van der Waals surface area contributed by atoms with E-state index in [-0.39, 0.29) is 5.76 Å². The third-order valence-corrected chi connectivity index (χ3v) is 4.59. The van der Waals surface area contributed by atoms with Gasteiger partial charge >= 0.3 is 0 Å². The summed E-state index contributed by atoms with van der Waals surface area (Å²) in [6.07, 6.45) is 15.8. The molecule has 2 rings (SSSR count). The predicted molar refractivity (Wildman–Crippen MR) is 129 cm³/mol.